The molecule has 0 amide bonds. The zero-order valence-electron chi connectivity index (χ0n) is 7.69. The first kappa shape index (κ1) is 7.88. The number of thiophene rings is 1. The van der Waals surface area contributed by atoms with E-state index in [0.717, 1.165) is 5.52 Å². The van der Waals surface area contributed by atoms with Crippen LogP contribution < -0.4 is 0 Å². The van der Waals surface area contributed by atoms with Crippen molar-refractivity contribution in [1.82, 2.24) is 9.97 Å². The zero-order chi connectivity index (χ0) is 9.54. The number of aryl methyl sites for hydroxylation is 1. The van der Waals surface area contributed by atoms with Crippen LogP contribution in [-0.4, -0.2) is 9.97 Å². The highest BCUT2D eigenvalue weighted by Crippen LogP contribution is 2.33. The van der Waals surface area contributed by atoms with Crippen LogP contribution in [-0.2, 0) is 0 Å². The van der Waals surface area contributed by atoms with Crippen molar-refractivity contribution in [1.29, 1.82) is 0 Å². The highest BCUT2D eigenvalue weighted by atomic mass is 32.1. The SMILES string of the molecule is Cc1cncc2sc3cccnc3c12. The van der Waals surface area contributed by atoms with Gasteiger partial charge in [-0.15, -0.1) is 11.3 Å². The van der Waals surface area contributed by atoms with Crippen molar-refractivity contribution in [2.24, 2.45) is 0 Å². The third-order valence-electron chi connectivity index (χ3n) is 2.33. The molecule has 3 aromatic heterocycles. The van der Waals surface area contributed by atoms with Gasteiger partial charge in [-0.3, -0.25) is 9.97 Å². The van der Waals surface area contributed by atoms with Crippen LogP contribution in [0.15, 0.2) is 30.7 Å². The lowest BCUT2D eigenvalue weighted by Crippen LogP contribution is -1.78. The molecule has 2 nitrogen and oxygen atoms in total. The quantitative estimate of drug-likeness (QED) is 0.557. The molecular weight excluding hydrogens is 192 g/mol. The number of hydrogen-bond donors (Lipinski definition) is 0. The molecule has 0 bridgehead atoms. The molecule has 3 aromatic rings. The molecule has 0 aliphatic heterocycles. The van der Waals surface area contributed by atoms with Crippen molar-refractivity contribution < 1.29 is 0 Å². The van der Waals surface area contributed by atoms with Gasteiger partial charge in [0, 0.05) is 24.0 Å². The zero-order valence-corrected chi connectivity index (χ0v) is 8.51. The Bertz CT molecular complexity index is 613. The summed E-state index contributed by atoms with van der Waals surface area (Å²) in [5.74, 6) is 0. The maximum absolute atomic E-state index is 4.41. The molecule has 68 valence electrons. The summed E-state index contributed by atoms with van der Waals surface area (Å²) in [6.07, 6.45) is 5.65. The van der Waals surface area contributed by atoms with Gasteiger partial charge in [-0.25, -0.2) is 0 Å². The average Bonchev–Trinajstić information content (AvgIpc) is 2.57. The third-order valence-corrected chi connectivity index (χ3v) is 3.41. The molecule has 14 heavy (non-hydrogen) atoms. The minimum atomic E-state index is 1.10. The van der Waals surface area contributed by atoms with E-state index in [-0.39, 0.29) is 0 Å². The first-order chi connectivity index (χ1) is 6.86. The average molecular weight is 200 g/mol. The maximum Gasteiger partial charge on any atom is 0.0892 e. The van der Waals surface area contributed by atoms with E-state index in [1.165, 1.54) is 20.3 Å². The van der Waals surface area contributed by atoms with Crippen LogP contribution in [0.5, 0.6) is 0 Å². The molecule has 0 unspecified atom stereocenters. The summed E-state index contributed by atoms with van der Waals surface area (Å²) >= 11 is 1.75. The van der Waals surface area contributed by atoms with E-state index in [9.17, 15) is 0 Å². The molecule has 0 spiro atoms. The number of aromatic nitrogens is 2. The van der Waals surface area contributed by atoms with Crippen LogP contribution in [0.1, 0.15) is 5.56 Å². The second-order valence-electron chi connectivity index (χ2n) is 3.28. The number of fused-ring (bicyclic) bond motifs is 3. The van der Waals surface area contributed by atoms with Crippen molar-refractivity contribution in [2.45, 2.75) is 6.92 Å². The molecule has 0 radical (unpaired) electrons. The lowest BCUT2D eigenvalue weighted by molar-refractivity contribution is 1.31. The Labute approximate surface area is 85.2 Å². The first-order valence-electron chi connectivity index (χ1n) is 4.44. The summed E-state index contributed by atoms with van der Waals surface area (Å²) in [6, 6.07) is 4.08. The van der Waals surface area contributed by atoms with Gasteiger partial charge in [-0.1, -0.05) is 0 Å². The van der Waals surface area contributed by atoms with Crippen LogP contribution in [0, 0.1) is 6.92 Å². The number of hydrogen-bond acceptors (Lipinski definition) is 3. The van der Waals surface area contributed by atoms with Crippen molar-refractivity contribution >= 4 is 31.6 Å². The molecular formula is C11H8N2S. The van der Waals surface area contributed by atoms with Gasteiger partial charge in [0.15, 0.2) is 0 Å². The number of pyridine rings is 2. The second kappa shape index (κ2) is 2.75. The summed E-state index contributed by atoms with van der Waals surface area (Å²) < 4.78 is 2.46. The first-order valence-corrected chi connectivity index (χ1v) is 5.26. The standard InChI is InChI=1S/C11H8N2S/c1-7-5-12-6-9-10(7)11-8(14-9)3-2-4-13-11/h2-6H,1H3. The van der Waals surface area contributed by atoms with Gasteiger partial charge < -0.3 is 0 Å². The summed E-state index contributed by atoms with van der Waals surface area (Å²) in [4.78, 5) is 8.60. The molecule has 0 aliphatic rings. The Kier molecular flexibility index (Phi) is 1.55. The molecule has 0 aromatic carbocycles. The minimum Gasteiger partial charge on any atom is -0.263 e. The fourth-order valence-electron chi connectivity index (χ4n) is 1.70. The van der Waals surface area contributed by atoms with E-state index in [1.54, 1.807) is 11.3 Å². The maximum atomic E-state index is 4.41. The lowest BCUT2D eigenvalue weighted by Gasteiger charge is -1.93. The molecule has 0 N–H and O–H groups in total. The fourth-order valence-corrected chi connectivity index (χ4v) is 2.81. The smallest absolute Gasteiger partial charge is 0.0892 e. The molecule has 0 fully saturated rings. The molecule has 0 saturated heterocycles. The summed E-state index contributed by atoms with van der Waals surface area (Å²) in [5.41, 5.74) is 2.31. The second-order valence-corrected chi connectivity index (χ2v) is 4.37. The summed E-state index contributed by atoms with van der Waals surface area (Å²) in [7, 11) is 0. The van der Waals surface area contributed by atoms with E-state index in [0.29, 0.717) is 0 Å². The molecule has 0 saturated carbocycles. The Morgan fingerprint density at radius 1 is 1.21 bits per heavy atom. The van der Waals surface area contributed by atoms with E-state index in [4.69, 9.17) is 0 Å². The Morgan fingerprint density at radius 2 is 2.14 bits per heavy atom. The Balaban J connectivity index is 2.65. The van der Waals surface area contributed by atoms with Crippen LogP contribution in [0.3, 0.4) is 0 Å². The summed E-state index contributed by atoms with van der Waals surface area (Å²) in [6.45, 7) is 2.08. The predicted octanol–water partition coefficient (Wildman–Crippen LogP) is 3.15. The Hall–Kier alpha value is -1.48. The van der Waals surface area contributed by atoms with Crippen LogP contribution in [0.25, 0.3) is 20.3 Å². The predicted molar refractivity (Wildman–Crippen MR) is 59.7 cm³/mol. The topological polar surface area (TPSA) is 25.8 Å². The largest absolute Gasteiger partial charge is 0.263 e. The van der Waals surface area contributed by atoms with Gasteiger partial charge in [0.1, 0.15) is 0 Å². The van der Waals surface area contributed by atoms with E-state index in [1.807, 2.05) is 24.7 Å². The van der Waals surface area contributed by atoms with Crippen molar-refractivity contribution in [3.8, 4) is 0 Å². The van der Waals surface area contributed by atoms with Crippen LogP contribution in [0.4, 0.5) is 0 Å². The number of rotatable bonds is 0. The molecule has 3 heteroatoms. The summed E-state index contributed by atoms with van der Waals surface area (Å²) in [5, 5.41) is 1.25. The highest BCUT2D eigenvalue weighted by molar-refractivity contribution is 7.25. The highest BCUT2D eigenvalue weighted by Gasteiger charge is 2.07. The van der Waals surface area contributed by atoms with Crippen molar-refractivity contribution in [3.63, 3.8) is 0 Å². The van der Waals surface area contributed by atoms with Gasteiger partial charge in [-0.2, -0.15) is 0 Å². The monoisotopic (exact) mass is 200 g/mol. The van der Waals surface area contributed by atoms with Crippen LogP contribution in [0.2, 0.25) is 0 Å². The molecule has 0 atom stereocenters. The molecule has 0 aliphatic carbocycles. The number of nitrogens with zero attached hydrogens (tertiary/aromatic N) is 2. The van der Waals surface area contributed by atoms with Crippen molar-refractivity contribution in [3.05, 3.63) is 36.3 Å². The fraction of sp³-hybridized carbons (Fsp3) is 0.0909. The van der Waals surface area contributed by atoms with Gasteiger partial charge in [-0.05, 0) is 24.6 Å². The van der Waals surface area contributed by atoms with Gasteiger partial charge in [0.25, 0.3) is 0 Å². The minimum absolute atomic E-state index is 1.10. The Morgan fingerprint density at radius 3 is 3.07 bits per heavy atom. The lowest BCUT2D eigenvalue weighted by atomic mass is 10.2. The van der Waals surface area contributed by atoms with Crippen LogP contribution >= 0.6 is 11.3 Å². The third kappa shape index (κ3) is 0.960. The molecule has 3 heterocycles. The van der Waals surface area contributed by atoms with E-state index in [2.05, 4.69) is 23.0 Å². The normalized spacial score (nSPS) is 11.2. The molecule has 3 rings (SSSR count). The van der Waals surface area contributed by atoms with Gasteiger partial charge in [0.05, 0.1) is 14.9 Å². The van der Waals surface area contributed by atoms with E-state index >= 15 is 0 Å². The van der Waals surface area contributed by atoms with Gasteiger partial charge in [0.2, 0.25) is 0 Å². The van der Waals surface area contributed by atoms with Crippen molar-refractivity contribution in [2.75, 3.05) is 0 Å². The van der Waals surface area contributed by atoms with Gasteiger partial charge >= 0.3 is 0 Å². The van der Waals surface area contributed by atoms with E-state index < -0.39 is 0 Å².